The van der Waals surface area contributed by atoms with Crippen LogP contribution in [0.4, 0.5) is 0 Å². The van der Waals surface area contributed by atoms with Crippen molar-refractivity contribution in [2.24, 2.45) is 5.92 Å². The standard InChI is InChI=1S/C12H11.C4H10N.C2H6Si.2ClH.Ti/c1-2-4-11-8-12(9-5-6-9)7-10(11)3-1;1-4(2,3)5;1-3-2;;;/h1-4,7-9H,5-6H2;5H,1-3H3;1-2H3;2*1H;/q;-1;;;;+1. The normalized spacial score (nSPS) is 19.2. The Labute approximate surface area is 160 Å². The van der Waals surface area contributed by atoms with Gasteiger partial charge in [-0.05, 0) is 0 Å². The molecule has 1 unspecified atom stereocenters. The Morgan fingerprint density at radius 1 is 1.09 bits per heavy atom. The summed E-state index contributed by atoms with van der Waals surface area (Å²) in [6.45, 7) is 12.1. The number of fused-ring (bicyclic) bond motifs is 1. The molecule has 0 heterocycles. The zero-order chi connectivity index (χ0) is 15.2. The average molecular weight is 406 g/mol. The van der Waals surface area contributed by atoms with E-state index in [-0.39, 0.29) is 36.5 Å². The maximum Gasteiger partial charge on any atom is -0.147 e. The van der Waals surface area contributed by atoms with Gasteiger partial charge in [-0.25, -0.2) is 0 Å². The summed E-state index contributed by atoms with van der Waals surface area (Å²) in [6.07, 6.45) is 5.14. The summed E-state index contributed by atoms with van der Waals surface area (Å²) in [7, 11) is 0. The molecule has 0 aliphatic heterocycles. The third-order valence-corrected chi connectivity index (χ3v) is 15.7. The second-order valence-electron chi connectivity index (χ2n) is 7.77. The number of hydrogen-bond acceptors (Lipinski definition) is 1. The number of halogens is 2. The van der Waals surface area contributed by atoms with Gasteiger partial charge in [-0.15, -0.1) is 24.8 Å². The van der Waals surface area contributed by atoms with Crippen molar-refractivity contribution in [1.29, 1.82) is 0 Å². The Bertz CT molecular complexity index is 626. The molecule has 1 nitrogen and oxygen atoms in total. The van der Waals surface area contributed by atoms with Gasteiger partial charge in [0, 0.05) is 0 Å². The van der Waals surface area contributed by atoms with E-state index in [1.54, 1.807) is 11.1 Å². The minimum Gasteiger partial charge on any atom is -0.147 e. The molecule has 0 radical (unpaired) electrons. The molecule has 1 aromatic rings. The molecule has 1 aromatic carbocycles. The molecule has 23 heavy (non-hydrogen) atoms. The fourth-order valence-electron chi connectivity index (χ4n) is 3.33. The van der Waals surface area contributed by atoms with Gasteiger partial charge in [0.2, 0.25) is 0 Å². The van der Waals surface area contributed by atoms with Crippen LogP contribution in [0.3, 0.4) is 0 Å². The Balaban J connectivity index is 0.00000132. The molecule has 1 N–H and O–H groups in total. The smallest absolute Gasteiger partial charge is 0.147 e. The zero-order valence-electron chi connectivity index (χ0n) is 14.8. The second kappa shape index (κ2) is 8.21. The molecule has 5 heteroatoms. The van der Waals surface area contributed by atoms with Crippen LogP contribution in [0.25, 0.3) is 6.08 Å². The van der Waals surface area contributed by atoms with Crippen molar-refractivity contribution in [3.63, 3.8) is 0 Å². The van der Waals surface area contributed by atoms with Crippen molar-refractivity contribution in [3.05, 3.63) is 41.0 Å². The predicted molar refractivity (Wildman–Crippen MR) is 105 cm³/mol. The number of hydrogen-bond donors (Lipinski definition) is 1. The molecule has 0 bridgehead atoms. The molecule has 2 aliphatic carbocycles. The monoisotopic (exact) mass is 405 g/mol. The van der Waals surface area contributed by atoms with E-state index in [1.807, 2.05) is 0 Å². The van der Waals surface area contributed by atoms with E-state index < -0.39 is 16.9 Å². The summed E-state index contributed by atoms with van der Waals surface area (Å²) in [6, 6.07) is 9.15. The van der Waals surface area contributed by atoms with Gasteiger partial charge in [-0.1, -0.05) is 0 Å². The summed E-state index contributed by atoms with van der Waals surface area (Å²) >= 11 is -1.34. The maximum absolute atomic E-state index is 4.12. The topological polar surface area (TPSA) is 12.0 Å². The molecule has 0 spiro atoms. The number of rotatable bonds is 3. The van der Waals surface area contributed by atoms with E-state index in [2.05, 4.69) is 68.0 Å². The second-order valence-corrected chi connectivity index (χ2v) is 19.3. The SMILES string of the molecule is C[Si](C)=[Ti]([NH]C(C)(C)C)[CH]1C(C2CC2)=Cc2ccccc21.Cl.Cl. The largest absolute Gasteiger partial charge is 0.147 e. The van der Waals surface area contributed by atoms with Crippen LogP contribution >= 0.6 is 24.8 Å². The van der Waals surface area contributed by atoms with Crippen LogP contribution < -0.4 is 3.80 Å². The van der Waals surface area contributed by atoms with Crippen molar-refractivity contribution in [2.75, 3.05) is 0 Å². The predicted octanol–water partition coefficient (Wildman–Crippen LogP) is 5.55. The number of allylic oxidation sites excluding steroid dienone is 1. The summed E-state index contributed by atoms with van der Waals surface area (Å²) < 4.78 is 4.90. The molecule has 0 amide bonds. The third kappa shape index (κ3) is 4.96. The van der Waals surface area contributed by atoms with Crippen LogP contribution in [-0.4, -0.2) is 11.7 Å². The fraction of sp³-hybridized carbons (Fsp3) is 0.556. The van der Waals surface area contributed by atoms with Gasteiger partial charge in [0.05, 0.1) is 0 Å². The van der Waals surface area contributed by atoms with Crippen LogP contribution in [0, 0.1) is 5.92 Å². The first kappa shape index (κ1) is 21.5. The Kier molecular flexibility index (Phi) is 7.66. The average Bonchev–Trinajstić information content (AvgIpc) is 3.16. The quantitative estimate of drug-likeness (QED) is 0.649. The van der Waals surface area contributed by atoms with Gasteiger partial charge in [0.1, 0.15) is 0 Å². The van der Waals surface area contributed by atoms with E-state index in [9.17, 15) is 0 Å². The number of nitrogens with one attached hydrogen (secondary N) is 1. The zero-order valence-corrected chi connectivity index (χ0v) is 19.0. The summed E-state index contributed by atoms with van der Waals surface area (Å²) in [4.78, 5) is 0. The van der Waals surface area contributed by atoms with Crippen molar-refractivity contribution in [2.45, 2.75) is 56.5 Å². The Hall–Kier alpha value is 0.431. The molecule has 128 valence electrons. The van der Waals surface area contributed by atoms with E-state index in [4.69, 9.17) is 0 Å². The maximum atomic E-state index is 4.12. The summed E-state index contributed by atoms with van der Waals surface area (Å²) in [5, 5.41) is 0. The van der Waals surface area contributed by atoms with Crippen LogP contribution in [0.5, 0.6) is 0 Å². The fourth-order valence-corrected chi connectivity index (χ4v) is 14.3. The van der Waals surface area contributed by atoms with E-state index in [0.717, 1.165) is 10.1 Å². The van der Waals surface area contributed by atoms with Crippen LogP contribution in [0.2, 0.25) is 13.1 Å². The molecule has 0 aromatic heterocycles. The van der Waals surface area contributed by atoms with Crippen molar-refractivity contribution >= 4 is 37.1 Å². The molecule has 1 fully saturated rings. The van der Waals surface area contributed by atoms with Crippen molar-refractivity contribution in [1.82, 2.24) is 3.80 Å². The summed E-state index contributed by atoms with van der Waals surface area (Å²) in [5.74, 6) is 0.896. The van der Waals surface area contributed by atoms with Crippen LogP contribution in [0.15, 0.2) is 29.8 Å². The van der Waals surface area contributed by atoms with Crippen molar-refractivity contribution < 1.29 is 16.9 Å². The minimum atomic E-state index is -1.34. The summed E-state index contributed by atoms with van der Waals surface area (Å²) in [5.41, 5.74) is 5.18. The molecule has 1 saturated carbocycles. The minimum absolute atomic E-state index is 0. The first-order valence-corrected chi connectivity index (χ1v) is 14.7. The Morgan fingerprint density at radius 3 is 2.22 bits per heavy atom. The van der Waals surface area contributed by atoms with E-state index in [1.165, 1.54) is 18.4 Å². The molecular weight excluding hydrogens is 377 g/mol. The molecule has 1 atom stereocenters. The van der Waals surface area contributed by atoms with Crippen LogP contribution in [0.1, 0.15) is 49.0 Å². The van der Waals surface area contributed by atoms with Gasteiger partial charge >= 0.3 is 136 Å². The van der Waals surface area contributed by atoms with E-state index >= 15 is 0 Å². The first-order chi connectivity index (χ1) is 9.87. The van der Waals surface area contributed by atoms with Gasteiger partial charge in [0.15, 0.2) is 0 Å². The first-order valence-electron chi connectivity index (χ1n) is 8.13. The third-order valence-electron chi connectivity index (χ3n) is 4.35. The van der Waals surface area contributed by atoms with Gasteiger partial charge in [-0.2, -0.15) is 0 Å². The molecule has 3 rings (SSSR count). The molecule has 2 aliphatic rings. The Morgan fingerprint density at radius 2 is 1.70 bits per heavy atom. The van der Waals surface area contributed by atoms with E-state index in [0.29, 0.717) is 0 Å². The molecule has 0 saturated heterocycles. The molecular formula is C18H29Cl2NSiTi. The van der Waals surface area contributed by atoms with Crippen molar-refractivity contribution in [3.8, 4) is 0 Å². The number of benzene rings is 1. The van der Waals surface area contributed by atoms with Gasteiger partial charge < -0.3 is 0 Å². The van der Waals surface area contributed by atoms with Gasteiger partial charge in [-0.3, -0.25) is 0 Å². The van der Waals surface area contributed by atoms with Gasteiger partial charge in [0.25, 0.3) is 0 Å². The van der Waals surface area contributed by atoms with Crippen LogP contribution in [-0.2, 0) is 16.9 Å².